The van der Waals surface area contributed by atoms with Crippen molar-refractivity contribution < 1.29 is 14.7 Å². The molecule has 0 radical (unpaired) electrons. The average Bonchev–Trinajstić information content (AvgIpc) is 3.32. The van der Waals surface area contributed by atoms with E-state index in [2.05, 4.69) is 21.2 Å². The van der Waals surface area contributed by atoms with Crippen LogP contribution in [-0.4, -0.2) is 23.0 Å². The van der Waals surface area contributed by atoms with Gasteiger partial charge in [0, 0.05) is 27.3 Å². The fourth-order valence-electron chi connectivity index (χ4n) is 4.71. The van der Waals surface area contributed by atoms with Crippen molar-refractivity contribution in [2.45, 2.75) is 52.5 Å². The number of hydrogen-bond acceptors (Lipinski definition) is 3. The van der Waals surface area contributed by atoms with E-state index in [1.54, 1.807) is 18.2 Å². The molecule has 1 aliphatic rings. The Morgan fingerprint density at radius 3 is 2.29 bits per heavy atom. The Labute approximate surface area is 219 Å². The molecule has 3 aromatic rings. The van der Waals surface area contributed by atoms with Crippen molar-refractivity contribution in [2.24, 2.45) is 0 Å². The van der Waals surface area contributed by atoms with Crippen LogP contribution >= 0.6 is 27.5 Å². The van der Waals surface area contributed by atoms with E-state index in [4.69, 9.17) is 11.6 Å². The third kappa shape index (κ3) is 5.39. The molecule has 0 aromatic heterocycles. The van der Waals surface area contributed by atoms with Gasteiger partial charge in [-0.3, -0.25) is 9.69 Å². The number of hydrogen-bond donors (Lipinski definition) is 2. The molecule has 5 nitrogen and oxygen atoms in total. The van der Waals surface area contributed by atoms with Gasteiger partial charge in [-0.1, -0.05) is 46.4 Å². The van der Waals surface area contributed by atoms with E-state index in [9.17, 15) is 14.7 Å². The molecule has 1 aliphatic carbocycles. The van der Waals surface area contributed by atoms with E-state index in [0.29, 0.717) is 33.2 Å². The number of carbonyl (C=O) groups is 2. The number of amides is 1. The smallest absolute Gasteiger partial charge is 0.412 e. The van der Waals surface area contributed by atoms with Gasteiger partial charge in [-0.2, -0.15) is 0 Å². The first-order chi connectivity index (χ1) is 16.7. The Kier molecular flexibility index (Phi) is 7.53. The maximum atomic E-state index is 13.2. The van der Waals surface area contributed by atoms with Gasteiger partial charge in [0.05, 0.1) is 16.4 Å². The second-order valence-corrected chi connectivity index (χ2v) is 10.5. The highest BCUT2D eigenvalue weighted by Crippen LogP contribution is 2.37. The number of rotatable bonds is 6. The minimum atomic E-state index is -0.971. The summed E-state index contributed by atoms with van der Waals surface area (Å²) in [5.41, 5.74) is 6.09. The molecule has 0 aliphatic heterocycles. The Bertz CT molecular complexity index is 1300. The lowest BCUT2D eigenvalue weighted by Gasteiger charge is -2.28. The van der Waals surface area contributed by atoms with Crippen molar-refractivity contribution in [1.29, 1.82) is 0 Å². The van der Waals surface area contributed by atoms with Gasteiger partial charge < -0.3 is 10.4 Å². The summed E-state index contributed by atoms with van der Waals surface area (Å²) in [5, 5.41) is 13.6. The highest BCUT2D eigenvalue weighted by Gasteiger charge is 2.29. The van der Waals surface area contributed by atoms with Crippen LogP contribution in [0, 0.1) is 20.8 Å². The molecule has 0 saturated heterocycles. The Hall–Kier alpha value is -2.83. The zero-order valence-electron chi connectivity index (χ0n) is 20.0. The number of aryl methyl sites for hydroxylation is 3. The fraction of sp³-hybridized carbons (Fsp3) is 0.286. The van der Waals surface area contributed by atoms with Gasteiger partial charge in [-0.25, -0.2) is 4.79 Å². The molecular weight excluding hydrogens is 528 g/mol. The van der Waals surface area contributed by atoms with Crippen LogP contribution in [0.5, 0.6) is 0 Å². The molecular formula is C28H28BrClN2O3. The molecule has 0 spiro atoms. The standard InChI is InChI=1S/C28H28BrClN2O3/c1-16-12-18(3)23(13-17(16)2)27(33)22-10-9-20(15-24(22)30)31-25-11-8-19(29)14-26(25)32(28(34)35)21-6-4-5-7-21/h8-15,21,31H,4-7H2,1-3H3,(H,34,35). The van der Waals surface area contributed by atoms with Crippen LogP contribution in [0.25, 0.3) is 0 Å². The zero-order chi connectivity index (χ0) is 25.3. The van der Waals surface area contributed by atoms with E-state index in [1.165, 1.54) is 4.90 Å². The number of nitrogens with zero attached hydrogens (tertiary/aromatic N) is 1. The summed E-state index contributed by atoms with van der Waals surface area (Å²) in [6.45, 7) is 5.94. The largest absolute Gasteiger partial charge is 0.465 e. The molecule has 7 heteroatoms. The van der Waals surface area contributed by atoms with E-state index in [1.807, 2.05) is 51.1 Å². The number of halogens is 2. The molecule has 1 fully saturated rings. The van der Waals surface area contributed by atoms with E-state index < -0.39 is 6.09 Å². The monoisotopic (exact) mass is 554 g/mol. The first kappa shape index (κ1) is 25.3. The van der Waals surface area contributed by atoms with Gasteiger partial charge in [-0.05, 0) is 92.8 Å². The van der Waals surface area contributed by atoms with Crippen molar-refractivity contribution in [3.63, 3.8) is 0 Å². The van der Waals surface area contributed by atoms with Gasteiger partial charge in [0.25, 0.3) is 0 Å². The predicted molar refractivity (Wildman–Crippen MR) is 146 cm³/mol. The zero-order valence-corrected chi connectivity index (χ0v) is 22.3. The molecule has 3 aromatic carbocycles. The Morgan fingerprint density at radius 2 is 1.63 bits per heavy atom. The number of anilines is 3. The summed E-state index contributed by atoms with van der Waals surface area (Å²) in [5.74, 6) is -0.121. The number of carboxylic acid groups (broad SMARTS) is 1. The van der Waals surface area contributed by atoms with Gasteiger partial charge in [0.15, 0.2) is 5.78 Å². The first-order valence-electron chi connectivity index (χ1n) is 11.7. The molecule has 182 valence electrons. The first-order valence-corrected chi connectivity index (χ1v) is 12.8. The molecule has 0 atom stereocenters. The maximum Gasteiger partial charge on any atom is 0.412 e. The highest BCUT2D eigenvalue weighted by atomic mass is 79.9. The quantitative estimate of drug-likeness (QED) is 0.299. The van der Waals surface area contributed by atoms with Crippen molar-refractivity contribution in [3.05, 3.63) is 85.8 Å². The van der Waals surface area contributed by atoms with Crippen LogP contribution in [-0.2, 0) is 0 Å². The third-order valence-electron chi connectivity index (χ3n) is 6.69. The average molecular weight is 556 g/mol. The molecule has 2 N–H and O–H groups in total. The normalized spacial score (nSPS) is 13.6. The SMILES string of the molecule is Cc1cc(C)c(C(=O)c2ccc(Nc3ccc(Br)cc3N(C(=O)O)C3CCCC3)cc2Cl)cc1C. The van der Waals surface area contributed by atoms with E-state index in [0.717, 1.165) is 46.8 Å². The number of carbonyl (C=O) groups excluding carboxylic acids is 1. The maximum absolute atomic E-state index is 13.2. The minimum absolute atomic E-state index is 0.0489. The van der Waals surface area contributed by atoms with Crippen molar-refractivity contribution >= 4 is 56.5 Å². The minimum Gasteiger partial charge on any atom is -0.465 e. The predicted octanol–water partition coefficient (Wildman–Crippen LogP) is 8.43. The molecule has 0 unspecified atom stereocenters. The number of benzene rings is 3. The summed E-state index contributed by atoms with van der Waals surface area (Å²) in [6.07, 6.45) is 2.77. The summed E-state index contributed by atoms with van der Waals surface area (Å²) in [7, 11) is 0. The molecule has 0 bridgehead atoms. The third-order valence-corrected chi connectivity index (χ3v) is 7.50. The summed E-state index contributed by atoms with van der Waals surface area (Å²) >= 11 is 10.0. The van der Waals surface area contributed by atoms with Crippen LogP contribution in [0.3, 0.4) is 0 Å². The topological polar surface area (TPSA) is 69.6 Å². The lowest BCUT2D eigenvalue weighted by molar-refractivity contribution is 0.103. The molecule has 4 rings (SSSR count). The molecule has 0 heterocycles. The van der Waals surface area contributed by atoms with Crippen molar-refractivity contribution in [3.8, 4) is 0 Å². The summed E-state index contributed by atoms with van der Waals surface area (Å²) < 4.78 is 0.796. The van der Waals surface area contributed by atoms with Crippen molar-refractivity contribution in [2.75, 3.05) is 10.2 Å². The molecule has 1 amide bonds. The second-order valence-electron chi connectivity index (χ2n) is 9.15. The lowest BCUT2D eigenvalue weighted by atomic mass is 9.94. The molecule has 35 heavy (non-hydrogen) atoms. The second kappa shape index (κ2) is 10.4. The van der Waals surface area contributed by atoms with E-state index in [-0.39, 0.29) is 11.8 Å². The Balaban J connectivity index is 1.65. The Morgan fingerprint density at radius 1 is 0.943 bits per heavy atom. The van der Waals surface area contributed by atoms with Crippen LogP contribution in [0.4, 0.5) is 21.9 Å². The van der Waals surface area contributed by atoms with Crippen LogP contribution in [0.2, 0.25) is 5.02 Å². The van der Waals surface area contributed by atoms with Gasteiger partial charge in [-0.15, -0.1) is 0 Å². The van der Waals surface area contributed by atoms with Crippen molar-refractivity contribution in [1.82, 2.24) is 0 Å². The fourth-order valence-corrected chi connectivity index (χ4v) is 5.33. The van der Waals surface area contributed by atoms with Gasteiger partial charge in [0.2, 0.25) is 0 Å². The summed E-state index contributed by atoms with van der Waals surface area (Å²) in [4.78, 5) is 26.9. The van der Waals surface area contributed by atoms with Crippen LogP contribution < -0.4 is 10.2 Å². The molecule has 1 saturated carbocycles. The lowest BCUT2D eigenvalue weighted by Crippen LogP contribution is -2.38. The summed E-state index contributed by atoms with van der Waals surface area (Å²) in [6, 6.07) is 14.6. The van der Waals surface area contributed by atoms with Crippen LogP contribution in [0.1, 0.15) is 58.3 Å². The number of nitrogens with one attached hydrogen (secondary N) is 1. The highest BCUT2D eigenvalue weighted by molar-refractivity contribution is 9.10. The van der Waals surface area contributed by atoms with Gasteiger partial charge in [0.1, 0.15) is 0 Å². The number of ketones is 1. The van der Waals surface area contributed by atoms with Crippen LogP contribution in [0.15, 0.2) is 53.0 Å². The van der Waals surface area contributed by atoms with Gasteiger partial charge >= 0.3 is 6.09 Å². The van der Waals surface area contributed by atoms with E-state index >= 15 is 0 Å².